The normalized spacial score (nSPS) is 21.2. The first kappa shape index (κ1) is 14.2. The van der Waals surface area contributed by atoms with Gasteiger partial charge in [-0.25, -0.2) is 4.98 Å². The zero-order valence-corrected chi connectivity index (χ0v) is 13.1. The fourth-order valence-corrected chi connectivity index (χ4v) is 3.32. The second-order valence-corrected chi connectivity index (χ2v) is 6.68. The van der Waals surface area contributed by atoms with Crippen LogP contribution < -0.4 is 10.1 Å². The van der Waals surface area contributed by atoms with Gasteiger partial charge in [0.2, 0.25) is 0 Å². The van der Waals surface area contributed by atoms with E-state index in [1.807, 2.05) is 18.3 Å². The lowest BCUT2D eigenvalue weighted by Gasteiger charge is -2.39. The quantitative estimate of drug-likeness (QED) is 0.892. The van der Waals surface area contributed by atoms with Crippen LogP contribution in [0.5, 0.6) is 5.75 Å². The summed E-state index contributed by atoms with van der Waals surface area (Å²) in [6.45, 7) is 4.71. The van der Waals surface area contributed by atoms with Crippen LogP contribution in [0.25, 0.3) is 10.8 Å². The highest BCUT2D eigenvalue weighted by Crippen LogP contribution is 2.38. The van der Waals surface area contributed by atoms with Crippen molar-refractivity contribution in [2.75, 3.05) is 12.4 Å². The van der Waals surface area contributed by atoms with Crippen molar-refractivity contribution < 1.29 is 4.74 Å². The Bertz CT molecular complexity index is 636. The third-order valence-corrected chi connectivity index (χ3v) is 4.79. The van der Waals surface area contributed by atoms with Crippen molar-refractivity contribution >= 4 is 16.6 Å². The van der Waals surface area contributed by atoms with Gasteiger partial charge >= 0.3 is 0 Å². The minimum Gasteiger partial charge on any atom is -0.497 e. The third-order valence-electron chi connectivity index (χ3n) is 4.79. The Kier molecular flexibility index (Phi) is 3.75. The summed E-state index contributed by atoms with van der Waals surface area (Å²) in [6.07, 6.45) is 7.01. The average molecular weight is 284 g/mol. The minimum atomic E-state index is 0.320. The van der Waals surface area contributed by atoms with Crippen LogP contribution in [0.3, 0.4) is 0 Å². The Morgan fingerprint density at radius 1 is 1.24 bits per heavy atom. The lowest BCUT2D eigenvalue weighted by atomic mass is 9.73. The highest BCUT2D eigenvalue weighted by atomic mass is 16.5. The highest BCUT2D eigenvalue weighted by Gasteiger charge is 2.32. The number of methoxy groups -OCH3 is 1. The molecular weight excluding hydrogens is 260 g/mol. The molecule has 1 fully saturated rings. The average Bonchev–Trinajstić information content (AvgIpc) is 2.49. The van der Waals surface area contributed by atoms with Gasteiger partial charge in [-0.1, -0.05) is 32.8 Å². The molecule has 3 heteroatoms. The molecule has 1 N–H and O–H groups in total. The Hall–Kier alpha value is -1.77. The molecule has 1 aliphatic carbocycles. The number of nitrogens with one attached hydrogen (secondary N) is 1. The van der Waals surface area contributed by atoms with Crippen molar-refractivity contribution in [2.45, 2.75) is 45.6 Å². The standard InChI is InChI=1S/C18H24N2O/c1-18(2)10-5-4-6-16(18)20-17-15-12-14(21-3)8-7-13(15)9-11-19-17/h7-9,11-12,16H,4-6,10H2,1-3H3,(H,19,20). The van der Waals surface area contributed by atoms with E-state index in [4.69, 9.17) is 4.74 Å². The molecule has 0 aliphatic heterocycles. The largest absolute Gasteiger partial charge is 0.497 e. The van der Waals surface area contributed by atoms with E-state index in [-0.39, 0.29) is 0 Å². The van der Waals surface area contributed by atoms with Crippen molar-refractivity contribution in [3.63, 3.8) is 0 Å². The Morgan fingerprint density at radius 3 is 2.86 bits per heavy atom. The molecule has 3 rings (SSSR count). The molecule has 1 aromatic heterocycles. The number of aromatic nitrogens is 1. The van der Waals surface area contributed by atoms with Gasteiger partial charge in [0.15, 0.2) is 0 Å². The monoisotopic (exact) mass is 284 g/mol. The van der Waals surface area contributed by atoms with Crippen LogP contribution in [-0.2, 0) is 0 Å². The highest BCUT2D eigenvalue weighted by molar-refractivity contribution is 5.92. The van der Waals surface area contributed by atoms with Gasteiger partial charge in [-0.2, -0.15) is 0 Å². The van der Waals surface area contributed by atoms with Crippen LogP contribution in [-0.4, -0.2) is 18.1 Å². The molecule has 0 amide bonds. The minimum absolute atomic E-state index is 0.320. The van der Waals surface area contributed by atoms with Crippen molar-refractivity contribution in [1.82, 2.24) is 4.98 Å². The fourth-order valence-electron chi connectivity index (χ4n) is 3.32. The molecule has 2 aromatic rings. The molecule has 1 aliphatic rings. The van der Waals surface area contributed by atoms with Crippen LogP contribution in [0.1, 0.15) is 39.5 Å². The number of benzene rings is 1. The summed E-state index contributed by atoms with van der Waals surface area (Å²) in [5.74, 6) is 1.85. The van der Waals surface area contributed by atoms with E-state index in [1.165, 1.54) is 31.1 Å². The lowest BCUT2D eigenvalue weighted by molar-refractivity contribution is 0.217. The Balaban J connectivity index is 1.96. The van der Waals surface area contributed by atoms with Crippen LogP contribution >= 0.6 is 0 Å². The first-order valence-electron chi connectivity index (χ1n) is 7.79. The molecule has 3 nitrogen and oxygen atoms in total. The second kappa shape index (κ2) is 5.55. The molecule has 0 spiro atoms. The van der Waals surface area contributed by atoms with E-state index in [0.29, 0.717) is 11.5 Å². The molecular formula is C18H24N2O. The Morgan fingerprint density at radius 2 is 2.10 bits per heavy atom. The van der Waals surface area contributed by atoms with Crippen molar-refractivity contribution in [3.05, 3.63) is 30.5 Å². The molecule has 0 bridgehead atoms. The van der Waals surface area contributed by atoms with Gasteiger partial charge in [0.25, 0.3) is 0 Å². The molecule has 0 radical (unpaired) electrons. The molecule has 0 saturated heterocycles. The second-order valence-electron chi connectivity index (χ2n) is 6.68. The zero-order valence-electron chi connectivity index (χ0n) is 13.1. The third kappa shape index (κ3) is 2.82. The van der Waals surface area contributed by atoms with Gasteiger partial charge in [0.1, 0.15) is 11.6 Å². The lowest BCUT2D eigenvalue weighted by Crippen LogP contribution is -2.39. The SMILES string of the molecule is COc1ccc2ccnc(NC3CCCCC3(C)C)c2c1. The topological polar surface area (TPSA) is 34.1 Å². The van der Waals surface area contributed by atoms with Gasteiger partial charge in [-0.05, 0) is 41.8 Å². The van der Waals surface area contributed by atoms with E-state index >= 15 is 0 Å². The summed E-state index contributed by atoms with van der Waals surface area (Å²) >= 11 is 0. The van der Waals surface area contributed by atoms with E-state index in [2.05, 4.69) is 36.3 Å². The number of fused-ring (bicyclic) bond motifs is 1. The van der Waals surface area contributed by atoms with Crippen molar-refractivity contribution in [2.24, 2.45) is 5.41 Å². The summed E-state index contributed by atoms with van der Waals surface area (Å²) in [5, 5.41) is 6.03. The number of rotatable bonds is 3. The van der Waals surface area contributed by atoms with E-state index < -0.39 is 0 Å². The van der Waals surface area contributed by atoms with Gasteiger partial charge in [0, 0.05) is 17.6 Å². The Labute approximate surface area is 126 Å². The van der Waals surface area contributed by atoms with E-state index in [1.54, 1.807) is 7.11 Å². The molecule has 112 valence electrons. The maximum absolute atomic E-state index is 5.35. The summed E-state index contributed by atoms with van der Waals surface area (Å²) in [6, 6.07) is 8.69. The van der Waals surface area contributed by atoms with Gasteiger partial charge in [-0.15, -0.1) is 0 Å². The molecule has 1 aromatic carbocycles. The number of anilines is 1. The predicted octanol–water partition coefficient (Wildman–Crippen LogP) is 4.62. The number of ether oxygens (including phenoxy) is 1. The smallest absolute Gasteiger partial charge is 0.134 e. The summed E-state index contributed by atoms with van der Waals surface area (Å²) < 4.78 is 5.35. The molecule has 1 saturated carbocycles. The summed E-state index contributed by atoms with van der Waals surface area (Å²) in [7, 11) is 1.70. The zero-order chi connectivity index (χ0) is 14.9. The number of nitrogens with zero attached hydrogens (tertiary/aromatic N) is 1. The van der Waals surface area contributed by atoms with Crippen LogP contribution in [0.15, 0.2) is 30.5 Å². The number of hydrogen-bond acceptors (Lipinski definition) is 3. The van der Waals surface area contributed by atoms with Crippen LogP contribution in [0.2, 0.25) is 0 Å². The summed E-state index contributed by atoms with van der Waals surface area (Å²) in [4.78, 5) is 4.58. The number of pyridine rings is 1. The molecule has 1 heterocycles. The first-order valence-corrected chi connectivity index (χ1v) is 7.79. The van der Waals surface area contributed by atoms with Gasteiger partial charge < -0.3 is 10.1 Å². The van der Waals surface area contributed by atoms with Crippen LogP contribution in [0, 0.1) is 5.41 Å². The fraction of sp³-hybridized carbons (Fsp3) is 0.500. The van der Waals surface area contributed by atoms with Crippen LogP contribution in [0.4, 0.5) is 5.82 Å². The number of hydrogen-bond donors (Lipinski definition) is 1. The maximum Gasteiger partial charge on any atom is 0.134 e. The van der Waals surface area contributed by atoms with Crippen molar-refractivity contribution in [3.8, 4) is 5.75 Å². The molecule has 1 unspecified atom stereocenters. The van der Waals surface area contributed by atoms with E-state index in [9.17, 15) is 0 Å². The van der Waals surface area contributed by atoms with Gasteiger partial charge in [0.05, 0.1) is 7.11 Å². The van der Waals surface area contributed by atoms with Crippen molar-refractivity contribution in [1.29, 1.82) is 0 Å². The summed E-state index contributed by atoms with van der Waals surface area (Å²) in [5.41, 5.74) is 0.320. The predicted molar refractivity (Wildman–Crippen MR) is 88.0 cm³/mol. The molecule has 1 atom stereocenters. The molecule has 21 heavy (non-hydrogen) atoms. The maximum atomic E-state index is 5.35. The first-order chi connectivity index (χ1) is 10.1. The van der Waals surface area contributed by atoms with Gasteiger partial charge in [-0.3, -0.25) is 0 Å². The van der Waals surface area contributed by atoms with E-state index in [0.717, 1.165) is 17.0 Å².